The van der Waals surface area contributed by atoms with Crippen LogP contribution in [-0.4, -0.2) is 42.6 Å². The highest BCUT2D eigenvalue weighted by molar-refractivity contribution is 5.94. The van der Waals surface area contributed by atoms with Crippen LogP contribution in [-0.2, 0) is 0 Å². The first-order valence-corrected chi connectivity index (χ1v) is 7.01. The van der Waals surface area contributed by atoms with Gasteiger partial charge in [0.05, 0.1) is 5.56 Å². The third-order valence-corrected chi connectivity index (χ3v) is 3.76. The first-order valence-electron chi connectivity index (χ1n) is 7.01. The molecule has 1 fully saturated rings. The third kappa shape index (κ3) is 3.93. The summed E-state index contributed by atoms with van der Waals surface area (Å²) in [6.07, 6.45) is 3.30. The van der Waals surface area contributed by atoms with Crippen molar-refractivity contribution in [2.75, 3.05) is 26.7 Å². The zero-order valence-electron chi connectivity index (χ0n) is 11.7. The van der Waals surface area contributed by atoms with Gasteiger partial charge in [0.25, 0.3) is 5.91 Å². The van der Waals surface area contributed by atoms with Gasteiger partial charge >= 0.3 is 0 Å². The minimum Gasteiger partial charge on any atom is -0.508 e. The number of carbonyl (C=O) groups is 1. The Labute approximate surface area is 118 Å². The van der Waals surface area contributed by atoms with Gasteiger partial charge in [-0.3, -0.25) is 4.79 Å². The second kappa shape index (κ2) is 6.70. The monoisotopic (exact) mass is 280 g/mol. The van der Waals surface area contributed by atoms with Gasteiger partial charge in [0.2, 0.25) is 0 Å². The molecule has 20 heavy (non-hydrogen) atoms. The molecule has 1 aromatic carbocycles. The lowest BCUT2D eigenvalue weighted by atomic mass is 9.95. The van der Waals surface area contributed by atoms with E-state index in [1.165, 1.54) is 25.0 Å². The molecular weight excluding hydrogens is 259 g/mol. The van der Waals surface area contributed by atoms with E-state index < -0.39 is 11.7 Å². The summed E-state index contributed by atoms with van der Waals surface area (Å²) < 4.78 is 13.5. The molecule has 0 saturated carbocycles. The molecule has 2 rings (SSSR count). The fourth-order valence-electron chi connectivity index (χ4n) is 2.68. The van der Waals surface area contributed by atoms with Crippen molar-refractivity contribution in [2.45, 2.75) is 19.3 Å². The molecule has 5 heteroatoms. The quantitative estimate of drug-likeness (QED) is 0.887. The number of halogens is 1. The Morgan fingerprint density at radius 3 is 3.05 bits per heavy atom. The van der Waals surface area contributed by atoms with E-state index in [1.54, 1.807) is 0 Å². The lowest BCUT2D eigenvalue weighted by molar-refractivity contribution is 0.0944. The van der Waals surface area contributed by atoms with Crippen molar-refractivity contribution in [3.05, 3.63) is 29.6 Å². The molecule has 1 heterocycles. The number of piperidine rings is 1. The van der Waals surface area contributed by atoms with Gasteiger partial charge in [-0.25, -0.2) is 4.39 Å². The maximum absolute atomic E-state index is 13.5. The number of aromatic hydroxyl groups is 1. The number of nitrogens with zero attached hydrogens (tertiary/aromatic N) is 1. The highest BCUT2D eigenvalue weighted by Gasteiger charge is 2.17. The van der Waals surface area contributed by atoms with Crippen molar-refractivity contribution in [2.24, 2.45) is 5.92 Å². The van der Waals surface area contributed by atoms with E-state index >= 15 is 0 Å². The third-order valence-electron chi connectivity index (χ3n) is 3.76. The van der Waals surface area contributed by atoms with Gasteiger partial charge in [0.1, 0.15) is 11.6 Å². The number of hydrogen-bond donors (Lipinski definition) is 2. The molecule has 0 spiro atoms. The maximum Gasteiger partial charge on any atom is 0.254 e. The highest BCUT2D eigenvalue weighted by atomic mass is 19.1. The van der Waals surface area contributed by atoms with E-state index in [-0.39, 0.29) is 11.3 Å². The minimum absolute atomic E-state index is 0.0245. The second-order valence-corrected chi connectivity index (χ2v) is 5.48. The summed E-state index contributed by atoms with van der Waals surface area (Å²) in [5.74, 6) is -0.699. The minimum atomic E-state index is -0.695. The van der Waals surface area contributed by atoms with Gasteiger partial charge in [0, 0.05) is 19.2 Å². The zero-order chi connectivity index (χ0) is 14.5. The van der Waals surface area contributed by atoms with Crippen LogP contribution in [0.1, 0.15) is 29.6 Å². The molecule has 110 valence electrons. The average Bonchev–Trinajstić information content (AvgIpc) is 2.38. The number of benzene rings is 1. The predicted octanol–water partition coefficient (Wildman–Crippen LogP) is 1.99. The second-order valence-electron chi connectivity index (χ2n) is 5.48. The number of nitrogens with one attached hydrogen (secondary N) is 1. The Balaban J connectivity index is 1.80. The van der Waals surface area contributed by atoms with Gasteiger partial charge in [0.15, 0.2) is 0 Å². The van der Waals surface area contributed by atoms with E-state index in [0.717, 1.165) is 25.6 Å². The van der Waals surface area contributed by atoms with Crippen LogP contribution < -0.4 is 5.32 Å². The standard InChI is InChI=1S/C15H21FN2O2/c1-18-8-2-3-11(10-18)6-7-17-15(20)13-5-4-12(19)9-14(13)16/h4-5,9,11,19H,2-3,6-8,10H2,1H3,(H,17,20). The topological polar surface area (TPSA) is 52.6 Å². The Kier molecular flexibility index (Phi) is 4.95. The van der Waals surface area contributed by atoms with E-state index in [0.29, 0.717) is 12.5 Å². The Bertz CT molecular complexity index is 479. The number of carbonyl (C=O) groups excluding carboxylic acids is 1. The lowest BCUT2D eigenvalue weighted by Gasteiger charge is -2.29. The van der Waals surface area contributed by atoms with Crippen molar-refractivity contribution in [3.63, 3.8) is 0 Å². The van der Waals surface area contributed by atoms with Crippen molar-refractivity contribution < 1.29 is 14.3 Å². The summed E-state index contributed by atoms with van der Waals surface area (Å²) in [5.41, 5.74) is -0.0245. The number of phenolic OH excluding ortho intramolecular Hbond substituents is 1. The first-order chi connectivity index (χ1) is 9.56. The van der Waals surface area contributed by atoms with Crippen LogP contribution in [0.3, 0.4) is 0 Å². The summed E-state index contributed by atoms with van der Waals surface area (Å²) >= 11 is 0. The van der Waals surface area contributed by atoms with Crippen LogP contribution in [0.2, 0.25) is 0 Å². The predicted molar refractivity (Wildman–Crippen MR) is 75.2 cm³/mol. The number of phenols is 1. The van der Waals surface area contributed by atoms with Crippen molar-refractivity contribution in [1.82, 2.24) is 10.2 Å². The van der Waals surface area contributed by atoms with Gasteiger partial charge < -0.3 is 15.3 Å². The summed E-state index contributed by atoms with van der Waals surface area (Å²) in [4.78, 5) is 14.1. The molecule has 1 atom stereocenters. The molecule has 1 amide bonds. The maximum atomic E-state index is 13.5. The summed E-state index contributed by atoms with van der Waals surface area (Å²) in [7, 11) is 2.11. The molecule has 1 unspecified atom stereocenters. The highest BCUT2D eigenvalue weighted by Crippen LogP contribution is 2.18. The molecule has 4 nitrogen and oxygen atoms in total. The molecule has 1 aliphatic heterocycles. The van der Waals surface area contributed by atoms with Crippen molar-refractivity contribution >= 4 is 5.91 Å². The van der Waals surface area contributed by atoms with Gasteiger partial charge in [-0.2, -0.15) is 0 Å². The van der Waals surface area contributed by atoms with Crippen LogP contribution in [0.15, 0.2) is 18.2 Å². The molecule has 1 saturated heterocycles. The number of rotatable bonds is 4. The van der Waals surface area contributed by atoms with Crippen molar-refractivity contribution in [3.8, 4) is 5.75 Å². The first kappa shape index (κ1) is 14.8. The lowest BCUT2D eigenvalue weighted by Crippen LogP contribution is -2.34. The normalized spacial score (nSPS) is 19.8. The SMILES string of the molecule is CN1CCCC(CCNC(=O)c2ccc(O)cc2F)C1. The number of amides is 1. The molecule has 0 aromatic heterocycles. The summed E-state index contributed by atoms with van der Waals surface area (Å²) in [5, 5.41) is 11.9. The van der Waals surface area contributed by atoms with Crippen LogP contribution in [0, 0.1) is 11.7 Å². The molecule has 2 N–H and O–H groups in total. The zero-order valence-corrected chi connectivity index (χ0v) is 11.7. The van der Waals surface area contributed by atoms with E-state index in [1.807, 2.05) is 0 Å². The Morgan fingerprint density at radius 1 is 1.55 bits per heavy atom. The van der Waals surface area contributed by atoms with Crippen LogP contribution in [0.4, 0.5) is 4.39 Å². The van der Waals surface area contributed by atoms with Crippen molar-refractivity contribution in [1.29, 1.82) is 0 Å². The Morgan fingerprint density at radius 2 is 2.35 bits per heavy atom. The molecule has 0 radical (unpaired) electrons. The van der Waals surface area contributed by atoms with Crippen LogP contribution >= 0.6 is 0 Å². The molecular formula is C15H21FN2O2. The summed E-state index contributed by atoms with van der Waals surface area (Å²) in [6, 6.07) is 3.56. The number of likely N-dealkylation sites (tertiary alicyclic amines) is 1. The van der Waals surface area contributed by atoms with E-state index in [9.17, 15) is 9.18 Å². The Hall–Kier alpha value is -1.62. The van der Waals surface area contributed by atoms with E-state index in [2.05, 4.69) is 17.3 Å². The fourth-order valence-corrected chi connectivity index (χ4v) is 2.68. The molecule has 1 aromatic rings. The molecule has 0 aliphatic carbocycles. The number of hydrogen-bond acceptors (Lipinski definition) is 3. The smallest absolute Gasteiger partial charge is 0.254 e. The van der Waals surface area contributed by atoms with Gasteiger partial charge in [-0.1, -0.05) is 0 Å². The van der Waals surface area contributed by atoms with Gasteiger partial charge in [-0.05, 0) is 50.9 Å². The average molecular weight is 280 g/mol. The largest absolute Gasteiger partial charge is 0.508 e. The molecule has 0 bridgehead atoms. The summed E-state index contributed by atoms with van der Waals surface area (Å²) in [6.45, 7) is 2.75. The van der Waals surface area contributed by atoms with Crippen LogP contribution in [0.25, 0.3) is 0 Å². The molecule has 1 aliphatic rings. The van der Waals surface area contributed by atoms with E-state index in [4.69, 9.17) is 5.11 Å². The fraction of sp³-hybridized carbons (Fsp3) is 0.533. The van der Waals surface area contributed by atoms with Crippen LogP contribution in [0.5, 0.6) is 5.75 Å². The van der Waals surface area contributed by atoms with Gasteiger partial charge in [-0.15, -0.1) is 0 Å².